The van der Waals surface area contributed by atoms with Crippen LogP contribution in [-0.2, 0) is 17.7 Å². The highest BCUT2D eigenvalue weighted by molar-refractivity contribution is 5.87. The number of anilines is 2. The molecule has 0 saturated heterocycles. The first-order valence-electron chi connectivity index (χ1n) is 11.6. The predicted octanol–water partition coefficient (Wildman–Crippen LogP) is 2.96. The Morgan fingerprint density at radius 1 is 1.26 bits per heavy atom. The molecule has 10 heteroatoms. The average molecular weight is 483 g/mol. The van der Waals surface area contributed by atoms with Gasteiger partial charge in [0.05, 0.1) is 26.7 Å². The van der Waals surface area contributed by atoms with Gasteiger partial charge in [0.2, 0.25) is 5.95 Å². The van der Waals surface area contributed by atoms with Gasteiger partial charge >= 0.3 is 5.97 Å². The normalized spacial score (nSPS) is 11.8. The maximum absolute atomic E-state index is 12.0. The first kappa shape index (κ1) is 26.0. The number of aromatic nitrogens is 4. The van der Waals surface area contributed by atoms with Crippen LogP contribution in [0.3, 0.4) is 0 Å². The monoisotopic (exact) mass is 482 g/mol. The van der Waals surface area contributed by atoms with Crippen molar-refractivity contribution >= 4 is 17.7 Å². The molecular weight excluding hydrogens is 448 g/mol. The number of imidazole rings is 1. The Morgan fingerprint density at radius 3 is 2.74 bits per heavy atom. The van der Waals surface area contributed by atoms with Crippen molar-refractivity contribution in [3.8, 4) is 5.75 Å². The maximum atomic E-state index is 12.0. The lowest BCUT2D eigenvalue weighted by Gasteiger charge is -2.21. The fourth-order valence-electron chi connectivity index (χ4n) is 4.08. The van der Waals surface area contributed by atoms with E-state index in [9.17, 15) is 9.90 Å². The number of benzene rings is 1. The van der Waals surface area contributed by atoms with Gasteiger partial charge in [-0.15, -0.1) is 0 Å². The van der Waals surface area contributed by atoms with Gasteiger partial charge in [0.1, 0.15) is 17.3 Å². The van der Waals surface area contributed by atoms with Crippen molar-refractivity contribution < 1.29 is 19.4 Å². The van der Waals surface area contributed by atoms with Crippen LogP contribution < -0.4 is 15.8 Å². The van der Waals surface area contributed by atoms with Gasteiger partial charge in [-0.2, -0.15) is 4.98 Å². The first-order valence-corrected chi connectivity index (χ1v) is 11.6. The van der Waals surface area contributed by atoms with Crippen LogP contribution in [0.1, 0.15) is 59.1 Å². The van der Waals surface area contributed by atoms with Gasteiger partial charge in [-0.3, -0.25) is 0 Å². The molecule has 0 bridgehead atoms. The van der Waals surface area contributed by atoms with E-state index in [1.165, 1.54) is 13.3 Å². The van der Waals surface area contributed by atoms with Gasteiger partial charge in [0.25, 0.3) is 0 Å². The lowest BCUT2D eigenvalue weighted by molar-refractivity contribution is 0.0589. The Hall–Kier alpha value is -3.66. The van der Waals surface area contributed by atoms with E-state index >= 15 is 0 Å². The topological polar surface area (TPSA) is 137 Å². The average Bonchev–Trinajstić information content (AvgIpc) is 3.29. The van der Waals surface area contributed by atoms with Crippen LogP contribution in [0.25, 0.3) is 0 Å². The van der Waals surface area contributed by atoms with Crippen LogP contribution in [0.5, 0.6) is 5.75 Å². The molecule has 1 atom stereocenters. The van der Waals surface area contributed by atoms with Gasteiger partial charge in [-0.25, -0.2) is 14.8 Å². The highest BCUT2D eigenvalue weighted by Gasteiger charge is 2.18. The number of aliphatic hydroxyl groups excluding tert-OH is 1. The maximum Gasteiger partial charge on any atom is 0.356 e. The third kappa shape index (κ3) is 6.48. The molecule has 0 spiro atoms. The Morgan fingerprint density at radius 2 is 2.06 bits per heavy atom. The summed E-state index contributed by atoms with van der Waals surface area (Å²) in [5, 5.41) is 12.9. The second-order valence-electron chi connectivity index (χ2n) is 8.36. The molecule has 10 nitrogen and oxygen atoms in total. The summed E-state index contributed by atoms with van der Waals surface area (Å²) >= 11 is 0. The Kier molecular flexibility index (Phi) is 9.02. The van der Waals surface area contributed by atoms with Crippen molar-refractivity contribution in [1.82, 2.24) is 19.5 Å². The molecule has 4 N–H and O–H groups in total. The lowest BCUT2D eigenvalue weighted by atomic mass is 10.0. The summed E-state index contributed by atoms with van der Waals surface area (Å²) in [5.74, 6) is 1.16. The molecule has 0 aliphatic heterocycles. The van der Waals surface area contributed by atoms with Gasteiger partial charge in [0, 0.05) is 36.9 Å². The van der Waals surface area contributed by atoms with E-state index < -0.39 is 5.97 Å². The third-order valence-electron chi connectivity index (χ3n) is 5.87. The number of nitrogens with two attached hydrogens (primary N) is 1. The van der Waals surface area contributed by atoms with E-state index in [-0.39, 0.29) is 18.6 Å². The fraction of sp³-hybridized carbons (Fsp3) is 0.440. The number of hydrogen-bond donors (Lipinski definition) is 3. The second-order valence-corrected chi connectivity index (χ2v) is 8.36. The van der Waals surface area contributed by atoms with Crippen LogP contribution >= 0.6 is 0 Å². The Bertz CT molecular complexity index is 1140. The fourth-order valence-corrected chi connectivity index (χ4v) is 4.08. The minimum Gasteiger partial charge on any atom is -0.496 e. The van der Waals surface area contributed by atoms with Crippen LogP contribution in [0.4, 0.5) is 11.8 Å². The number of esters is 1. The van der Waals surface area contributed by atoms with Gasteiger partial charge in [-0.1, -0.05) is 25.5 Å². The summed E-state index contributed by atoms with van der Waals surface area (Å²) in [7, 11) is 2.97. The third-order valence-corrected chi connectivity index (χ3v) is 5.87. The molecule has 0 radical (unpaired) electrons. The summed E-state index contributed by atoms with van der Waals surface area (Å²) in [6.07, 6.45) is 6.13. The predicted molar refractivity (Wildman–Crippen MR) is 134 cm³/mol. The minimum absolute atomic E-state index is 0.0842. The number of aliphatic hydroxyl groups is 1. The highest BCUT2D eigenvalue weighted by atomic mass is 16.5. The SMILES string of the molecule is CCCC(CCO)Nc1nc(N)nc(C)c1Cc1ccc(Cn2cncc2C(=O)OC)cc1OC. The number of carbonyl (C=O) groups excluding carboxylic acids is 1. The quantitative estimate of drug-likeness (QED) is 0.333. The van der Waals surface area contributed by atoms with Crippen molar-refractivity contribution in [2.24, 2.45) is 0 Å². The number of ether oxygens (including phenoxy) is 2. The van der Waals surface area contributed by atoms with Crippen LogP contribution in [0, 0.1) is 6.92 Å². The van der Waals surface area contributed by atoms with Crippen molar-refractivity contribution in [3.05, 3.63) is 58.8 Å². The molecule has 1 unspecified atom stereocenters. The number of methoxy groups -OCH3 is 2. The Labute approximate surface area is 205 Å². The van der Waals surface area contributed by atoms with Crippen LogP contribution in [-0.4, -0.2) is 57.5 Å². The Balaban J connectivity index is 1.89. The lowest BCUT2D eigenvalue weighted by Crippen LogP contribution is -2.23. The molecule has 0 saturated carbocycles. The van der Waals surface area contributed by atoms with Gasteiger partial charge < -0.3 is 30.2 Å². The summed E-state index contributed by atoms with van der Waals surface area (Å²) in [6.45, 7) is 4.55. The molecule has 1 aromatic carbocycles. The summed E-state index contributed by atoms with van der Waals surface area (Å²) in [6, 6.07) is 6.02. The minimum atomic E-state index is -0.437. The van der Waals surface area contributed by atoms with E-state index in [1.54, 1.807) is 18.0 Å². The largest absolute Gasteiger partial charge is 0.496 e. The molecule has 2 heterocycles. The molecule has 3 rings (SSSR count). The molecule has 0 aliphatic rings. The molecule has 0 fully saturated rings. The number of carbonyl (C=O) groups is 1. The van der Waals surface area contributed by atoms with E-state index in [4.69, 9.17) is 15.2 Å². The molecule has 2 aromatic heterocycles. The number of nitrogens with one attached hydrogen (secondary N) is 1. The zero-order chi connectivity index (χ0) is 25.4. The zero-order valence-electron chi connectivity index (χ0n) is 20.7. The summed E-state index contributed by atoms with van der Waals surface area (Å²) in [5.41, 5.74) is 9.95. The molecule has 3 aromatic rings. The van der Waals surface area contributed by atoms with E-state index in [0.717, 1.165) is 35.2 Å². The van der Waals surface area contributed by atoms with Crippen LogP contribution in [0.2, 0.25) is 0 Å². The van der Waals surface area contributed by atoms with Crippen molar-refractivity contribution in [2.45, 2.75) is 52.1 Å². The van der Waals surface area contributed by atoms with Gasteiger partial charge in [-0.05, 0) is 37.0 Å². The smallest absolute Gasteiger partial charge is 0.356 e. The number of nitrogens with zero attached hydrogens (tertiary/aromatic N) is 4. The van der Waals surface area contributed by atoms with Crippen molar-refractivity contribution in [3.63, 3.8) is 0 Å². The number of rotatable bonds is 12. The zero-order valence-corrected chi connectivity index (χ0v) is 20.7. The number of nitrogen functional groups attached to an aromatic ring is 1. The first-order chi connectivity index (χ1) is 16.9. The number of hydrogen-bond acceptors (Lipinski definition) is 9. The molecule has 0 aliphatic carbocycles. The van der Waals surface area contributed by atoms with Crippen LogP contribution in [0.15, 0.2) is 30.7 Å². The summed E-state index contributed by atoms with van der Waals surface area (Å²) in [4.78, 5) is 24.9. The summed E-state index contributed by atoms with van der Waals surface area (Å²) < 4.78 is 12.3. The number of aryl methyl sites for hydroxylation is 1. The van der Waals surface area contributed by atoms with Crippen molar-refractivity contribution in [1.29, 1.82) is 0 Å². The molecule has 188 valence electrons. The van der Waals surface area contributed by atoms with E-state index in [0.29, 0.717) is 36.6 Å². The molecular formula is C25H34N6O4. The highest BCUT2D eigenvalue weighted by Crippen LogP contribution is 2.29. The van der Waals surface area contributed by atoms with E-state index in [1.807, 2.05) is 25.1 Å². The second kappa shape index (κ2) is 12.2. The molecule has 0 amide bonds. The standard InChI is InChI=1S/C25H34N6O4/c1-5-6-19(9-10-32)29-23-20(16(2)28-25(26)30-23)12-18-8-7-17(11-22(18)34-3)14-31-15-27-13-21(31)24(33)35-4/h7-8,11,13,15,19,32H,5-6,9-10,12,14H2,1-4H3,(H3,26,28,29,30). The van der Waals surface area contributed by atoms with E-state index in [2.05, 4.69) is 27.2 Å². The van der Waals surface area contributed by atoms with Gasteiger partial charge in [0.15, 0.2) is 0 Å². The van der Waals surface area contributed by atoms with Crippen molar-refractivity contribution in [2.75, 3.05) is 31.9 Å². The molecule has 35 heavy (non-hydrogen) atoms.